The molecule has 1 saturated heterocycles. The summed E-state index contributed by atoms with van der Waals surface area (Å²) in [6.45, 7) is 4.20. The SMILES string of the molecule is CCC(=O)N1CCCC1C(=O)NC1(C(=O)NS(=O)(=O)C2CC2)CC1CC. The number of hydrogen-bond donors (Lipinski definition) is 2. The minimum Gasteiger partial charge on any atom is -0.340 e. The summed E-state index contributed by atoms with van der Waals surface area (Å²) in [5.41, 5.74) is -1.17. The highest BCUT2D eigenvalue weighted by Crippen LogP contribution is 2.46. The van der Waals surface area contributed by atoms with Crippen LogP contribution in [0.3, 0.4) is 0 Å². The summed E-state index contributed by atoms with van der Waals surface area (Å²) in [7, 11) is -3.66. The first-order valence-corrected chi connectivity index (χ1v) is 11.0. The average Bonchev–Trinajstić information content (AvgIpc) is 3.51. The highest BCUT2D eigenvalue weighted by Gasteiger charge is 2.61. The number of nitrogens with zero attached hydrogens (tertiary/aromatic N) is 1. The summed E-state index contributed by atoms with van der Waals surface area (Å²) in [6.07, 6.45) is 3.86. The molecule has 3 atom stereocenters. The molecule has 0 aromatic heterocycles. The summed E-state index contributed by atoms with van der Waals surface area (Å²) >= 11 is 0. The Balaban J connectivity index is 1.71. The second kappa shape index (κ2) is 6.83. The monoisotopic (exact) mass is 385 g/mol. The standard InChI is InChI=1S/C17H27N3O5S/c1-3-11-10-17(11,16(23)19-26(24,25)12-7-8-12)18-15(22)13-6-5-9-20(13)14(21)4-2/h11-13H,3-10H2,1-2H3,(H,18,22)(H,19,23). The molecule has 1 aliphatic heterocycles. The lowest BCUT2D eigenvalue weighted by Crippen LogP contribution is -2.56. The van der Waals surface area contributed by atoms with Gasteiger partial charge in [0.1, 0.15) is 11.6 Å². The Bertz CT molecular complexity index is 718. The van der Waals surface area contributed by atoms with E-state index in [4.69, 9.17) is 0 Å². The van der Waals surface area contributed by atoms with E-state index in [0.29, 0.717) is 45.1 Å². The Kier molecular flexibility index (Phi) is 5.02. The molecule has 9 heteroatoms. The molecule has 146 valence electrons. The Hall–Kier alpha value is -1.64. The van der Waals surface area contributed by atoms with Crippen LogP contribution in [0.1, 0.15) is 58.8 Å². The fourth-order valence-electron chi connectivity index (χ4n) is 3.84. The quantitative estimate of drug-likeness (QED) is 0.654. The molecule has 0 bridgehead atoms. The molecule has 0 aromatic carbocycles. The van der Waals surface area contributed by atoms with Crippen molar-refractivity contribution in [2.75, 3.05) is 6.54 Å². The molecule has 26 heavy (non-hydrogen) atoms. The van der Waals surface area contributed by atoms with Crippen LogP contribution < -0.4 is 10.0 Å². The van der Waals surface area contributed by atoms with Crippen LogP contribution >= 0.6 is 0 Å². The van der Waals surface area contributed by atoms with Gasteiger partial charge >= 0.3 is 0 Å². The first-order chi connectivity index (χ1) is 12.2. The van der Waals surface area contributed by atoms with Gasteiger partial charge in [-0.2, -0.15) is 0 Å². The Morgan fingerprint density at radius 3 is 2.38 bits per heavy atom. The van der Waals surface area contributed by atoms with Crippen molar-refractivity contribution >= 4 is 27.7 Å². The van der Waals surface area contributed by atoms with E-state index in [9.17, 15) is 22.8 Å². The van der Waals surface area contributed by atoms with E-state index in [1.165, 1.54) is 0 Å². The lowest BCUT2D eigenvalue weighted by Gasteiger charge is -2.26. The fourth-order valence-corrected chi connectivity index (χ4v) is 5.20. The molecule has 2 saturated carbocycles. The minimum absolute atomic E-state index is 0.0831. The van der Waals surface area contributed by atoms with Crippen LogP contribution in [0.2, 0.25) is 0 Å². The van der Waals surface area contributed by atoms with Crippen molar-refractivity contribution < 1.29 is 22.8 Å². The van der Waals surface area contributed by atoms with E-state index in [2.05, 4.69) is 10.0 Å². The molecular weight excluding hydrogens is 358 g/mol. The van der Waals surface area contributed by atoms with Crippen LogP contribution in [0.25, 0.3) is 0 Å². The van der Waals surface area contributed by atoms with Crippen LogP contribution in [0.5, 0.6) is 0 Å². The van der Waals surface area contributed by atoms with E-state index in [-0.39, 0.29) is 17.7 Å². The van der Waals surface area contributed by atoms with Crippen molar-refractivity contribution in [2.24, 2.45) is 5.92 Å². The molecule has 2 N–H and O–H groups in total. The number of rotatable bonds is 7. The first kappa shape index (κ1) is 19.1. The lowest BCUT2D eigenvalue weighted by atomic mass is 10.1. The summed E-state index contributed by atoms with van der Waals surface area (Å²) in [5.74, 6) is -1.17. The van der Waals surface area contributed by atoms with Crippen molar-refractivity contribution in [2.45, 2.75) is 75.6 Å². The first-order valence-electron chi connectivity index (χ1n) is 9.42. The van der Waals surface area contributed by atoms with Crippen LogP contribution in [-0.4, -0.2) is 54.4 Å². The molecule has 3 amide bonds. The largest absolute Gasteiger partial charge is 0.340 e. The van der Waals surface area contributed by atoms with Gasteiger partial charge in [0.15, 0.2) is 0 Å². The van der Waals surface area contributed by atoms with Crippen LogP contribution in [-0.2, 0) is 24.4 Å². The highest BCUT2D eigenvalue weighted by molar-refractivity contribution is 7.90. The van der Waals surface area contributed by atoms with Crippen LogP contribution in [0.15, 0.2) is 0 Å². The summed E-state index contributed by atoms with van der Waals surface area (Å²) in [4.78, 5) is 39.0. The number of sulfonamides is 1. The maximum absolute atomic E-state index is 12.8. The Morgan fingerprint density at radius 1 is 1.15 bits per heavy atom. The zero-order chi connectivity index (χ0) is 19.1. The van der Waals surface area contributed by atoms with E-state index < -0.39 is 32.8 Å². The van der Waals surface area contributed by atoms with Crippen LogP contribution in [0, 0.1) is 5.92 Å². The molecule has 2 aliphatic carbocycles. The Morgan fingerprint density at radius 2 is 1.85 bits per heavy atom. The third-order valence-corrected chi connectivity index (χ3v) is 7.54. The molecule has 3 rings (SSSR count). The maximum atomic E-state index is 12.8. The number of carbonyl (C=O) groups excluding carboxylic acids is 3. The smallest absolute Gasteiger partial charge is 0.259 e. The number of likely N-dealkylation sites (tertiary alicyclic amines) is 1. The molecule has 0 radical (unpaired) electrons. The zero-order valence-corrected chi connectivity index (χ0v) is 16.1. The molecule has 8 nitrogen and oxygen atoms in total. The van der Waals surface area contributed by atoms with Crippen molar-refractivity contribution in [3.63, 3.8) is 0 Å². The molecular formula is C17H27N3O5S. The molecule has 0 aromatic rings. The van der Waals surface area contributed by atoms with E-state index in [1.54, 1.807) is 11.8 Å². The summed E-state index contributed by atoms with van der Waals surface area (Å²) in [6, 6.07) is -0.578. The van der Waals surface area contributed by atoms with E-state index >= 15 is 0 Å². The van der Waals surface area contributed by atoms with Gasteiger partial charge in [0, 0.05) is 13.0 Å². The van der Waals surface area contributed by atoms with E-state index in [1.807, 2.05) is 6.92 Å². The normalized spacial score (nSPS) is 30.8. The molecule has 3 fully saturated rings. The van der Waals surface area contributed by atoms with Gasteiger partial charge in [-0.15, -0.1) is 0 Å². The molecule has 0 spiro atoms. The average molecular weight is 385 g/mol. The third-order valence-electron chi connectivity index (χ3n) is 5.73. The number of carbonyl (C=O) groups is 3. The minimum atomic E-state index is -3.66. The topological polar surface area (TPSA) is 113 Å². The van der Waals surface area contributed by atoms with Crippen molar-refractivity contribution in [1.29, 1.82) is 0 Å². The predicted octanol–water partition coefficient (Wildman–Crippen LogP) is 0.281. The second-order valence-corrected chi connectivity index (χ2v) is 9.50. The van der Waals surface area contributed by atoms with Gasteiger partial charge in [-0.1, -0.05) is 20.3 Å². The highest BCUT2D eigenvalue weighted by atomic mass is 32.2. The summed E-state index contributed by atoms with van der Waals surface area (Å²) < 4.78 is 26.4. The van der Waals surface area contributed by atoms with Gasteiger partial charge in [-0.25, -0.2) is 8.42 Å². The van der Waals surface area contributed by atoms with Crippen LogP contribution in [0.4, 0.5) is 0 Å². The zero-order valence-electron chi connectivity index (χ0n) is 15.3. The number of nitrogens with one attached hydrogen (secondary N) is 2. The van der Waals surface area contributed by atoms with Gasteiger partial charge < -0.3 is 10.2 Å². The Labute approximate surface area is 154 Å². The second-order valence-electron chi connectivity index (χ2n) is 7.54. The fraction of sp³-hybridized carbons (Fsp3) is 0.824. The maximum Gasteiger partial charge on any atom is 0.259 e. The van der Waals surface area contributed by atoms with Gasteiger partial charge in [0.2, 0.25) is 21.8 Å². The number of hydrogen-bond acceptors (Lipinski definition) is 5. The van der Waals surface area contributed by atoms with Crippen molar-refractivity contribution in [1.82, 2.24) is 14.9 Å². The lowest BCUT2D eigenvalue weighted by molar-refractivity contribution is -0.139. The van der Waals surface area contributed by atoms with Crippen molar-refractivity contribution in [3.05, 3.63) is 0 Å². The van der Waals surface area contributed by atoms with Gasteiger partial charge in [0.25, 0.3) is 5.91 Å². The molecule has 3 unspecified atom stereocenters. The summed E-state index contributed by atoms with van der Waals surface area (Å²) in [5, 5.41) is 2.30. The van der Waals surface area contributed by atoms with Gasteiger partial charge in [-0.05, 0) is 38.0 Å². The van der Waals surface area contributed by atoms with Crippen molar-refractivity contribution in [3.8, 4) is 0 Å². The van der Waals surface area contributed by atoms with E-state index in [0.717, 1.165) is 6.42 Å². The van der Waals surface area contributed by atoms with Gasteiger partial charge in [0.05, 0.1) is 5.25 Å². The predicted molar refractivity (Wildman–Crippen MR) is 94.4 cm³/mol. The van der Waals surface area contributed by atoms with Gasteiger partial charge in [-0.3, -0.25) is 19.1 Å². The molecule has 1 heterocycles. The molecule has 3 aliphatic rings. The number of amides is 3. The third kappa shape index (κ3) is 3.45.